The molecule has 4 atom stereocenters. The molecule has 12 nitrogen and oxygen atoms in total. The molecular formula is C30H53N5O7. The van der Waals surface area contributed by atoms with Crippen molar-refractivity contribution in [2.75, 3.05) is 13.2 Å². The number of nitrogens with two attached hydrogens (primary N) is 1. The minimum Gasteiger partial charge on any atom is -0.460 e. The van der Waals surface area contributed by atoms with Gasteiger partial charge in [-0.05, 0) is 36.0 Å². The second-order valence-electron chi connectivity index (χ2n) is 13.3. The molecule has 0 spiro atoms. The largest absolute Gasteiger partial charge is 0.460 e. The predicted octanol–water partition coefficient (Wildman–Crippen LogP) is 2.45. The van der Waals surface area contributed by atoms with Gasteiger partial charge in [0.15, 0.2) is 0 Å². The normalized spacial score (nSPS) is 17.1. The Balaban J connectivity index is 0.00000393. The van der Waals surface area contributed by atoms with Crippen LogP contribution in [-0.2, 0) is 28.7 Å². The zero-order valence-corrected chi connectivity index (χ0v) is 27.1. The van der Waals surface area contributed by atoms with Gasteiger partial charge in [-0.25, -0.2) is 9.59 Å². The molecule has 0 aromatic rings. The van der Waals surface area contributed by atoms with E-state index in [9.17, 15) is 28.8 Å². The Hall–Kier alpha value is -3.44. The first kappa shape index (κ1) is 38.6. The topological polar surface area (TPSA) is 177 Å². The molecule has 5 amide bonds. The Labute approximate surface area is 250 Å². The van der Waals surface area contributed by atoms with E-state index < -0.39 is 70.5 Å². The number of carbonyl (C=O) groups excluding carboxylic acids is 6. The number of carbonyl (C=O) groups is 6. The Kier molecular flexibility index (Phi) is 15.5. The molecule has 12 heteroatoms. The second-order valence-corrected chi connectivity index (χ2v) is 13.3. The van der Waals surface area contributed by atoms with Crippen LogP contribution < -0.4 is 21.7 Å². The fraction of sp³-hybridized carbons (Fsp3) is 0.733. The van der Waals surface area contributed by atoms with E-state index in [1.54, 1.807) is 48.5 Å². The minimum absolute atomic E-state index is 0.0137. The standard InChI is InChI=1S/C26H43N5O7.C4H10/c1-9-14-38-23(36)19(26(6,7)8)30-24(37)29-18(25(3,4)5)22(35)31-13-11-12-16(31)21(34)28-15(10-2)17(32)20(27)33;1-4(2)3/h9,15-16,18-19H,1,10-14H2,2-8H3,(H2,27,33)(H,28,34)(H2,29,30,37);4H,1-3H3/t15?,16-,18?,19?;/m0./s1. The molecule has 240 valence electrons. The number of ether oxygens (including phenoxy) is 1. The fourth-order valence-corrected chi connectivity index (χ4v) is 4.07. The molecule has 1 heterocycles. The third kappa shape index (κ3) is 12.6. The predicted molar refractivity (Wildman–Crippen MR) is 161 cm³/mol. The van der Waals surface area contributed by atoms with Crippen LogP contribution in [-0.4, -0.2) is 77.7 Å². The molecule has 1 saturated heterocycles. The zero-order valence-electron chi connectivity index (χ0n) is 27.1. The van der Waals surface area contributed by atoms with Crippen LogP contribution in [0.2, 0.25) is 0 Å². The number of esters is 1. The number of primary amides is 1. The molecular weight excluding hydrogens is 542 g/mol. The number of amides is 5. The number of rotatable bonds is 11. The van der Waals surface area contributed by atoms with E-state index in [1.807, 2.05) is 0 Å². The van der Waals surface area contributed by atoms with E-state index in [0.29, 0.717) is 12.8 Å². The molecule has 0 saturated carbocycles. The first-order valence-electron chi connectivity index (χ1n) is 14.5. The number of hydrogen-bond donors (Lipinski definition) is 4. The van der Waals surface area contributed by atoms with Crippen LogP contribution in [0.3, 0.4) is 0 Å². The summed E-state index contributed by atoms with van der Waals surface area (Å²) >= 11 is 0. The van der Waals surface area contributed by atoms with Crippen molar-refractivity contribution in [2.24, 2.45) is 22.5 Å². The van der Waals surface area contributed by atoms with Gasteiger partial charge >= 0.3 is 12.0 Å². The van der Waals surface area contributed by atoms with Crippen molar-refractivity contribution < 1.29 is 33.5 Å². The quantitative estimate of drug-likeness (QED) is 0.161. The average molecular weight is 596 g/mol. The average Bonchev–Trinajstić information content (AvgIpc) is 3.35. The van der Waals surface area contributed by atoms with Gasteiger partial charge in [0.25, 0.3) is 5.91 Å². The number of nitrogens with one attached hydrogen (secondary N) is 3. The van der Waals surface area contributed by atoms with Crippen LogP contribution in [0.1, 0.15) is 88.5 Å². The first-order valence-corrected chi connectivity index (χ1v) is 14.5. The van der Waals surface area contributed by atoms with E-state index in [0.717, 1.165) is 5.92 Å². The van der Waals surface area contributed by atoms with Crippen LogP contribution in [0.25, 0.3) is 0 Å². The molecule has 5 N–H and O–H groups in total. The Bertz CT molecular complexity index is 979. The number of ketones is 1. The molecule has 0 radical (unpaired) electrons. The van der Waals surface area contributed by atoms with Gasteiger partial charge in [0.1, 0.15) is 24.7 Å². The Morgan fingerprint density at radius 1 is 0.952 bits per heavy atom. The molecule has 42 heavy (non-hydrogen) atoms. The van der Waals surface area contributed by atoms with Crippen LogP contribution in [0.5, 0.6) is 0 Å². The monoisotopic (exact) mass is 595 g/mol. The van der Waals surface area contributed by atoms with Crippen molar-refractivity contribution in [3.63, 3.8) is 0 Å². The van der Waals surface area contributed by atoms with Gasteiger partial charge in [0.2, 0.25) is 17.6 Å². The molecule has 3 unspecified atom stereocenters. The fourth-order valence-electron chi connectivity index (χ4n) is 4.07. The lowest BCUT2D eigenvalue weighted by Crippen LogP contribution is -2.61. The maximum absolute atomic E-state index is 13.7. The van der Waals surface area contributed by atoms with Crippen LogP contribution in [0.4, 0.5) is 4.79 Å². The van der Waals surface area contributed by atoms with Crippen molar-refractivity contribution >= 4 is 35.5 Å². The summed E-state index contributed by atoms with van der Waals surface area (Å²) in [7, 11) is 0. The van der Waals surface area contributed by atoms with Gasteiger partial charge in [-0.15, -0.1) is 0 Å². The van der Waals surface area contributed by atoms with Gasteiger partial charge in [-0.2, -0.15) is 0 Å². The van der Waals surface area contributed by atoms with Crippen molar-refractivity contribution in [1.82, 2.24) is 20.9 Å². The highest BCUT2D eigenvalue weighted by molar-refractivity contribution is 6.37. The van der Waals surface area contributed by atoms with Gasteiger partial charge in [0, 0.05) is 6.54 Å². The SMILES string of the molecule is C=CCOC(=O)C(NC(=O)NC(C(=O)N1CCC[C@H]1C(=O)NC(CC)C(=O)C(N)=O)C(C)(C)C)C(C)(C)C.CC(C)C. The highest BCUT2D eigenvalue weighted by Gasteiger charge is 2.43. The summed E-state index contributed by atoms with van der Waals surface area (Å²) in [4.78, 5) is 76.9. The van der Waals surface area contributed by atoms with Crippen LogP contribution in [0, 0.1) is 16.7 Å². The van der Waals surface area contributed by atoms with E-state index in [2.05, 4.69) is 43.3 Å². The van der Waals surface area contributed by atoms with Gasteiger partial charge in [-0.3, -0.25) is 19.2 Å². The zero-order chi connectivity index (χ0) is 33.0. The van der Waals surface area contributed by atoms with Gasteiger partial charge < -0.3 is 31.3 Å². The third-order valence-corrected chi connectivity index (χ3v) is 6.23. The summed E-state index contributed by atoms with van der Waals surface area (Å²) in [6.45, 7) is 22.5. The number of Topliss-reactive ketones (excluding diaryl/α,β-unsaturated/α-hetero) is 1. The summed E-state index contributed by atoms with van der Waals surface area (Å²) in [6, 6.07) is -4.77. The number of nitrogens with zero attached hydrogens (tertiary/aromatic N) is 1. The lowest BCUT2D eigenvalue weighted by molar-refractivity contribution is -0.147. The van der Waals surface area contributed by atoms with E-state index in [1.165, 1.54) is 11.0 Å². The van der Waals surface area contributed by atoms with Crippen LogP contribution in [0.15, 0.2) is 12.7 Å². The lowest BCUT2D eigenvalue weighted by atomic mass is 9.85. The Morgan fingerprint density at radius 3 is 1.88 bits per heavy atom. The molecule has 0 bridgehead atoms. The third-order valence-electron chi connectivity index (χ3n) is 6.23. The summed E-state index contributed by atoms with van der Waals surface area (Å²) in [5.41, 5.74) is 3.63. The minimum atomic E-state index is -1.15. The molecule has 1 fully saturated rings. The number of likely N-dealkylation sites (tertiary alicyclic amines) is 1. The second kappa shape index (κ2) is 16.9. The maximum Gasteiger partial charge on any atom is 0.329 e. The molecule has 1 rings (SSSR count). The first-order chi connectivity index (χ1) is 19.2. The molecule has 0 aromatic carbocycles. The maximum atomic E-state index is 13.7. The smallest absolute Gasteiger partial charge is 0.329 e. The van der Waals surface area contributed by atoms with E-state index in [4.69, 9.17) is 10.5 Å². The summed E-state index contributed by atoms with van der Waals surface area (Å²) in [5.74, 6) is -2.93. The molecule has 0 aliphatic carbocycles. The van der Waals surface area contributed by atoms with Crippen molar-refractivity contribution in [3.05, 3.63) is 12.7 Å². The molecule has 1 aliphatic heterocycles. The lowest BCUT2D eigenvalue weighted by Gasteiger charge is -2.36. The summed E-state index contributed by atoms with van der Waals surface area (Å²) in [6.07, 6.45) is 2.46. The summed E-state index contributed by atoms with van der Waals surface area (Å²) < 4.78 is 5.12. The summed E-state index contributed by atoms with van der Waals surface area (Å²) in [5, 5.41) is 7.81. The van der Waals surface area contributed by atoms with Crippen molar-refractivity contribution in [2.45, 2.75) is 113 Å². The number of hydrogen-bond acceptors (Lipinski definition) is 7. The Morgan fingerprint density at radius 2 is 1.45 bits per heavy atom. The van der Waals surface area contributed by atoms with Crippen molar-refractivity contribution in [3.8, 4) is 0 Å². The van der Waals surface area contributed by atoms with Gasteiger partial charge in [0.05, 0.1) is 6.04 Å². The highest BCUT2D eigenvalue weighted by Crippen LogP contribution is 2.26. The van der Waals surface area contributed by atoms with Crippen LogP contribution >= 0.6 is 0 Å². The van der Waals surface area contributed by atoms with Gasteiger partial charge in [-0.1, -0.05) is 81.9 Å². The molecule has 1 aliphatic rings. The number of urea groups is 1. The highest BCUT2D eigenvalue weighted by atomic mass is 16.5. The molecule has 0 aromatic heterocycles. The van der Waals surface area contributed by atoms with E-state index >= 15 is 0 Å². The van der Waals surface area contributed by atoms with E-state index in [-0.39, 0.29) is 19.6 Å². The van der Waals surface area contributed by atoms with Crippen molar-refractivity contribution in [1.29, 1.82) is 0 Å².